The summed E-state index contributed by atoms with van der Waals surface area (Å²) in [4.78, 5) is 11.7. The van der Waals surface area contributed by atoms with Crippen molar-refractivity contribution in [1.29, 1.82) is 0 Å². The highest BCUT2D eigenvalue weighted by atomic mass is 16.5. The zero-order chi connectivity index (χ0) is 15.9. The van der Waals surface area contributed by atoms with Gasteiger partial charge >= 0.3 is 5.97 Å². The van der Waals surface area contributed by atoms with Gasteiger partial charge in [-0.1, -0.05) is 18.2 Å². The molecular formula is C18H20O4. The topological polar surface area (TPSA) is 55.8 Å². The number of hydrogen-bond donors (Lipinski definition) is 1. The van der Waals surface area contributed by atoms with Crippen LogP contribution in [0.25, 0.3) is 0 Å². The molecule has 1 N–H and O–H groups in total. The van der Waals surface area contributed by atoms with Crippen LogP contribution >= 0.6 is 0 Å². The highest BCUT2D eigenvalue weighted by Gasteiger charge is 2.13. The van der Waals surface area contributed by atoms with Crippen molar-refractivity contribution in [2.24, 2.45) is 0 Å². The smallest absolute Gasteiger partial charge is 0.338 e. The molecular weight excluding hydrogens is 280 g/mol. The summed E-state index contributed by atoms with van der Waals surface area (Å²) in [5.41, 5.74) is 2.40. The number of aryl methyl sites for hydroxylation is 1. The Morgan fingerprint density at radius 1 is 1.14 bits per heavy atom. The summed E-state index contributed by atoms with van der Waals surface area (Å²) in [7, 11) is 1.36. The van der Waals surface area contributed by atoms with Gasteiger partial charge in [0.25, 0.3) is 0 Å². The number of methoxy groups -OCH3 is 1. The molecule has 0 atom stereocenters. The number of aliphatic hydroxyl groups excluding tert-OH is 1. The highest BCUT2D eigenvalue weighted by molar-refractivity contribution is 5.91. The zero-order valence-corrected chi connectivity index (χ0v) is 12.8. The summed E-state index contributed by atoms with van der Waals surface area (Å²) >= 11 is 0. The number of benzene rings is 2. The molecule has 4 nitrogen and oxygen atoms in total. The molecule has 0 spiro atoms. The molecule has 2 aromatic rings. The van der Waals surface area contributed by atoms with Crippen molar-refractivity contribution >= 4 is 5.97 Å². The van der Waals surface area contributed by atoms with E-state index in [1.807, 2.05) is 37.3 Å². The third-order valence-corrected chi connectivity index (χ3v) is 3.46. The van der Waals surface area contributed by atoms with E-state index in [2.05, 4.69) is 0 Å². The SMILES string of the molecule is COC(=O)c1cccc(Oc2ccc(CCCO)cc2)c1C. The molecule has 0 unspecified atom stereocenters. The van der Waals surface area contributed by atoms with Gasteiger partial charge in [-0.05, 0) is 49.6 Å². The van der Waals surface area contributed by atoms with Crippen LogP contribution in [0.1, 0.15) is 27.9 Å². The Kier molecular flexibility index (Phi) is 5.55. The summed E-state index contributed by atoms with van der Waals surface area (Å²) in [6, 6.07) is 13.0. The normalized spacial score (nSPS) is 10.3. The summed E-state index contributed by atoms with van der Waals surface area (Å²) in [6.07, 6.45) is 1.59. The van der Waals surface area contributed by atoms with Crippen LogP contribution in [0.15, 0.2) is 42.5 Å². The van der Waals surface area contributed by atoms with E-state index < -0.39 is 0 Å². The Morgan fingerprint density at radius 3 is 2.50 bits per heavy atom. The molecule has 0 aliphatic carbocycles. The lowest BCUT2D eigenvalue weighted by atomic mass is 10.1. The van der Waals surface area contributed by atoms with E-state index >= 15 is 0 Å². The van der Waals surface area contributed by atoms with Crippen LogP contribution in [-0.2, 0) is 11.2 Å². The van der Waals surface area contributed by atoms with Gasteiger partial charge in [0.15, 0.2) is 0 Å². The Morgan fingerprint density at radius 2 is 1.86 bits per heavy atom. The molecule has 116 valence electrons. The second kappa shape index (κ2) is 7.61. The molecule has 4 heteroatoms. The van der Waals surface area contributed by atoms with Crippen LogP contribution in [0.2, 0.25) is 0 Å². The summed E-state index contributed by atoms with van der Waals surface area (Å²) in [5, 5.41) is 8.84. The maximum atomic E-state index is 11.7. The molecule has 0 heterocycles. The lowest BCUT2D eigenvalue weighted by Crippen LogP contribution is -2.04. The fourth-order valence-electron chi connectivity index (χ4n) is 2.19. The molecule has 0 radical (unpaired) electrons. The average Bonchev–Trinajstić information content (AvgIpc) is 2.55. The monoisotopic (exact) mass is 300 g/mol. The third kappa shape index (κ3) is 3.86. The van der Waals surface area contributed by atoms with Crippen LogP contribution in [0.4, 0.5) is 0 Å². The van der Waals surface area contributed by atoms with E-state index in [0.717, 1.165) is 24.0 Å². The molecule has 0 bridgehead atoms. The maximum Gasteiger partial charge on any atom is 0.338 e. The fraction of sp³-hybridized carbons (Fsp3) is 0.278. The Labute approximate surface area is 130 Å². The van der Waals surface area contributed by atoms with Gasteiger partial charge in [-0.25, -0.2) is 4.79 Å². The van der Waals surface area contributed by atoms with Crippen molar-refractivity contribution in [3.63, 3.8) is 0 Å². The first-order valence-corrected chi connectivity index (χ1v) is 7.21. The van der Waals surface area contributed by atoms with Gasteiger partial charge in [-0.2, -0.15) is 0 Å². The standard InChI is InChI=1S/C18H20O4/c1-13-16(18(20)21-2)6-3-7-17(13)22-15-10-8-14(9-11-15)5-4-12-19/h3,6-11,19H,4-5,12H2,1-2H3. The lowest BCUT2D eigenvalue weighted by Gasteiger charge is -2.11. The van der Waals surface area contributed by atoms with Crippen molar-refractivity contribution < 1.29 is 19.4 Å². The summed E-state index contributed by atoms with van der Waals surface area (Å²) < 4.78 is 10.6. The van der Waals surface area contributed by atoms with Crippen LogP contribution < -0.4 is 4.74 Å². The molecule has 0 aliphatic heterocycles. The minimum Gasteiger partial charge on any atom is -0.465 e. The van der Waals surface area contributed by atoms with Crippen LogP contribution in [0.5, 0.6) is 11.5 Å². The first-order valence-electron chi connectivity index (χ1n) is 7.21. The molecule has 0 amide bonds. The van der Waals surface area contributed by atoms with Crippen LogP contribution in [0, 0.1) is 6.92 Å². The minimum absolute atomic E-state index is 0.192. The average molecular weight is 300 g/mol. The number of carbonyl (C=O) groups is 1. The van der Waals surface area contributed by atoms with E-state index in [4.69, 9.17) is 14.6 Å². The number of esters is 1. The molecule has 0 aliphatic rings. The molecule has 0 saturated heterocycles. The van der Waals surface area contributed by atoms with Gasteiger partial charge < -0.3 is 14.6 Å². The molecule has 22 heavy (non-hydrogen) atoms. The van der Waals surface area contributed by atoms with Crippen LogP contribution in [-0.4, -0.2) is 24.8 Å². The quantitative estimate of drug-likeness (QED) is 0.830. The molecule has 0 fully saturated rings. The first kappa shape index (κ1) is 16.0. The maximum absolute atomic E-state index is 11.7. The zero-order valence-electron chi connectivity index (χ0n) is 12.8. The largest absolute Gasteiger partial charge is 0.465 e. The van der Waals surface area contributed by atoms with Gasteiger partial charge in [0.1, 0.15) is 11.5 Å². The van der Waals surface area contributed by atoms with Gasteiger partial charge in [-0.3, -0.25) is 0 Å². The Balaban J connectivity index is 2.15. The van der Waals surface area contributed by atoms with Gasteiger partial charge in [-0.15, -0.1) is 0 Å². The van der Waals surface area contributed by atoms with Crippen molar-refractivity contribution in [3.8, 4) is 11.5 Å². The molecule has 2 aromatic carbocycles. The summed E-state index contributed by atoms with van der Waals surface area (Å²) in [6.45, 7) is 2.02. The minimum atomic E-state index is -0.373. The van der Waals surface area contributed by atoms with Crippen molar-refractivity contribution in [1.82, 2.24) is 0 Å². The molecule has 0 aromatic heterocycles. The number of aliphatic hydroxyl groups is 1. The highest BCUT2D eigenvalue weighted by Crippen LogP contribution is 2.27. The Bertz CT molecular complexity index is 632. The van der Waals surface area contributed by atoms with Gasteiger partial charge in [0, 0.05) is 12.2 Å². The first-order chi connectivity index (χ1) is 10.7. The number of hydrogen-bond acceptors (Lipinski definition) is 4. The number of rotatable bonds is 6. The Hall–Kier alpha value is -2.33. The van der Waals surface area contributed by atoms with Gasteiger partial charge in [0.05, 0.1) is 12.7 Å². The van der Waals surface area contributed by atoms with E-state index in [1.165, 1.54) is 7.11 Å². The number of carbonyl (C=O) groups excluding carboxylic acids is 1. The van der Waals surface area contributed by atoms with Crippen molar-refractivity contribution in [2.45, 2.75) is 19.8 Å². The predicted octanol–water partition coefficient (Wildman–Crippen LogP) is 3.50. The van der Waals surface area contributed by atoms with E-state index in [1.54, 1.807) is 12.1 Å². The van der Waals surface area contributed by atoms with Crippen molar-refractivity contribution in [2.75, 3.05) is 13.7 Å². The van der Waals surface area contributed by atoms with E-state index in [9.17, 15) is 4.79 Å². The third-order valence-electron chi connectivity index (χ3n) is 3.46. The van der Waals surface area contributed by atoms with Crippen LogP contribution in [0.3, 0.4) is 0 Å². The fourth-order valence-corrected chi connectivity index (χ4v) is 2.19. The number of ether oxygens (including phenoxy) is 2. The molecule has 0 saturated carbocycles. The molecule has 2 rings (SSSR count). The second-order valence-corrected chi connectivity index (χ2v) is 4.99. The van der Waals surface area contributed by atoms with Crippen molar-refractivity contribution in [3.05, 3.63) is 59.2 Å². The lowest BCUT2D eigenvalue weighted by molar-refractivity contribution is 0.0599. The predicted molar refractivity (Wildman–Crippen MR) is 84.4 cm³/mol. The summed E-state index contributed by atoms with van der Waals surface area (Å²) in [5.74, 6) is 0.964. The van der Waals surface area contributed by atoms with Gasteiger partial charge in [0.2, 0.25) is 0 Å². The van der Waals surface area contributed by atoms with E-state index in [-0.39, 0.29) is 12.6 Å². The van der Waals surface area contributed by atoms with E-state index in [0.29, 0.717) is 17.1 Å². The second-order valence-electron chi connectivity index (χ2n) is 4.99.